The molecule has 5 rings (SSSR count). The molecule has 0 saturated carbocycles. The van der Waals surface area contributed by atoms with Gasteiger partial charge in [-0.2, -0.15) is 0 Å². The van der Waals surface area contributed by atoms with Crippen LogP contribution in [0.15, 0.2) is 66.7 Å². The predicted molar refractivity (Wildman–Crippen MR) is 147 cm³/mol. The van der Waals surface area contributed by atoms with Crippen molar-refractivity contribution in [3.8, 4) is 11.4 Å². The molecule has 0 saturated heterocycles. The average molecular weight is 515 g/mol. The number of benzene rings is 2. The summed E-state index contributed by atoms with van der Waals surface area (Å²) in [6.07, 6.45) is 2.67. The molecule has 0 radical (unpaired) electrons. The van der Waals surface area contributed by atoms with Crippen molar-refractivity contribution in [3.05, 3.63) is 83.0 Å². The van der Waals surface area contributed by atoms with E-state index in [0.717, 1.165) is 22.1 Å². The molecule has 37 heavy (non-hydrogen) atoms. The van der Waals surface area contributed by atoms with Crippen molar-refractivity contribution in [1.29, 1.82) is 0 Å². The van der Waals surface area contributed by atoms with E-state index in [1.807, 2.05) is 54.6 Å². The summed E-state index contributed by atoms with van der Waals surface area (Å²) < 4.78 is 0. The van der Waals surface area contributed by atoms with Crippen LogP contribution in [-0.4, -0.2) is 52.3 Å². The summed E-state index contributed by atoms with van der Waals surface area (Å²) in [4.78, 5) is 37.5. The van der Waals surface area contributed by atoms with Crippen molar-refractivity contribution < 1.29 is 9.59 Å². The Labute approximate surface area is 219 Å². The molecule has 0 fully saturated rings. The van der Waals surface area contributed by atoms with Crippen molar-refractivity contribution in [2.45, 2.75) is 19.4 Å². The van der Waals surface area contributed by atoms with Gasteiger partial charge in [0, 0.05) is 37.1 Å². The second-order valence-corrected chi connectivity index (χ2v) is 9.32. The van der Waals surface area contributed by atoms with Crippen LogP contribution in [0, 0.1) is 0 Å². The van der Waals surface area contributed by atoms with Crippen molar-refractivity contribution in [1.82, 2.24) is 25.6 Å². The molecule has 0 bridgehead atoms. The Morgan fingerprint density at radius 3 is 2.57 bits per heavy atom. The molecule has 2 aromatic heterocycles. The number of amides is 1. The average Bonchev–Trinajstić information content (AvgIpc) is 3.36. The second-order valence-electron chi connectivity index (χ2n) is 8.88. The molecule has 1 amide bonds. The monoisotopic (exact) mass is 514 g/mol. The van der Waals surface area contributed by atoms with Crippen LogP contribution >= 0.6 is 11.6 Å². The van der Waals surface area contributed by atoms with E-state index in [9.17, 15) is 9.59 Å². The normalized spacial score (nSPS) is 15.3. The number of carbonyl (C=O) groups excluding carboxylic acids is 2. The first-order chi connectivity index (χ1) is 18.0. The van der Waals surface area contributed by atoms with Crippen LogP contribution < -0.4 is 16.0 Å². The van der Waals surface area contributed by atoms with Gasteiger partial charge in [0.1, 0.15) is 11.5 Å². The van der Waals surface area contributed by atoms with E-state index in [4.69, 9.17) is 21.6 Å². The number of halogens is 1. The molecule has 3 heterocycles. The number of nitrogens with one attached hydrogen (secondary N) is 4. The van der Waals surface area contributed by atoms with Gasteiger partial charge in [-0.3, -0.25) is 9.59 Å². The number of anilines is 1. The third-order valence-electron chi connectivity index (χ3n) is 6.24. The topological polar surface area (TPSA) is 112 Å². The number of aromatic nitrogens is 3. The number of ketones is 1. The summed E-state index contributed by atoms with van der Waals surface area (Å²) in [7, 11) is 0. The minimum atomic E-state index is -0.374. The first kappa shape index (κ1) is 24.7. The lowest BCUT2D eigenvalue weighted by Gasteiger charge is -2.23. The zero-order valence-electron chi connectivity index (χ0n) is 20.3. The lowest BCUT2D eigenvalue weighted by atomic mass is 9.92. The fourth-order valence-corrected chi connectivity index (χ4v) is 4.51. The number of carbonyl (C=O) groups is 2. The number of aromatic amines is 1. The van der Waals surface area contributed by atoms with Crippen LogP contribution in [0.2, 0.25) is 5.02 Å². The molecular formula is C28H27ClN6O2. The maximum atomic E-state index is 13.5. The summed E-state index contributed by atoms with van der Waals surface area (Å²) in [5.74, 6) is 1.01. The van der Waals surface area contributed by atoms with Crippen molar-refractivity contribution >= 4 is 45.7 Å². The third kappa shape index (κ3) is 5.71. The van der Waals surface area contributed by atoms with Gasteiger partial charge >= 0.3 is 0 Å². The Bertz CT molecular complexity index is 1460. The van der Waals surface area contributed by atoms with Crippen molar-refractivity contribution in [3.63, 3.8) is 0 Å². The fraction of sp³-hybridized carbons (Fsp3) is 0.214. The van der Waals surface area contributed by atoms with E-state index in [-0.39, 0.29) is 17.7 Å². The van der Waals surface area contributed by atoms with Gasteiger partial charge in [-0.05, 0) is 35.8 Å². The Morgan fingerprint density at radius 1 is 1.03 bits per heavy atom. The highest BCUT2D eigenvalue weighted by molar-refractivity contribution is 6.30. The quantitative estimate of drug-likeness (QED) is 0.204. The van der Waals surface area contributed by atoms with E-state index < -0.39 is 0 Å². The van der Waals surface area contributed by atoms with Crippen molar-refractivity contribution in [2.75, 3.05) is 25.0 Å². The van der Waals surface area contributed by atoms with Gasteiger partial charge in [0.25, 0.3) is 0 Å². The molecule has 0 spiro atoms. The number of H-pyrrole nitrogens is 1. The lowest BCUT2D eigenvalue weighted by Crippen LogP contribution is -2.39. The number of hydrogen-bond donors (Lipinski definition) is 4. The maximum Gasteiger partial charge on any atom is 0.216 e. The van der Waals surface area contributed by atoms with Gasteiger partial charge in [0.15, 0.2) is 11.6 Å². The smallest absolute Gasteiger partial charge is 0.216 e. The fourth-order valence-electron chi connectivity index (χ4n) is 4.39. The van der Waals surface area contributed by atoms with Crippen LogP contribution in [0.25, 0.3) is 28.0 Å². The molecule has 1 unspecified atom stereocenters. The molecule has 8 nitrogen and oxygen atoms in total. The summed E-state index contributed by atoms with van der Waals surface area (Å²) in [5, 5.41) is 10.8. The van der Waals surface area contributed by atoms with Gasteiger partial charge in [0.05, 0.1) is 17.1 Å². The molecule has 2 aromatic carbocycles. The van der Waals surface area contributed by atoms with Gasteiger partial charge in [-0.25, -0.2) is 9.97 Å². The second kappa shape index (κ2) is 10.9. The van der Waals surface area contributed by atoms with Crippen molar-refractivity contribution in [2.24, 2.45) is 0 Å². The molecule has 0 aliphatic carbocycles. The molecule has 1 aliphatic heterocycles. The zero-order valence-corrected chi connectivity index (χ0v) is 21.1. The van der Waals surface area contributed by atoms with Crippen LogP contribution in [0.3, 0.4) is 0 Å². The predicted octanol–water partition coefficient (Wildman–Crippen LogP) is 4.45. The van der Waals surface area contributed by atoms with E-state index in [0.29, 0.717) is 54.1 Å². The van der Waals surface area contributed by atoms with Gasteiger partial charge in [-0.15, -0.1) is 0 Å². The highest BCUT2D eigenvalue weighted by Gasteiger charge is 2.26. The standard InChI is InChI=1S/C28H27ClN6O2/c1-17(36)30-13-14-32-27-22-16-24(33-28(22)35-26(34-27)19-5-3-2-4-6-19)25(37)23-15-20(11-12-31-23)18-7-9-21(29)10-8-18/h2-11,16,23,31H,12-15H2,1H3,(H,30,36)(H2,32,33,34,35). The Balaban J connectivity index is 1.43. The molecule has 9 heteroatoms. The SMILES string of the molecule is CC(=O)NCCNc1nc(-c2ccccc2)nc2[nH]c(C(=O)C3CC(c4ccc(Cl)cc4)=CCN3)cc12. The summed E-state index contributed by atoms with van der Waals surface area (Å²) in [6.45, 7) is 3.01. The Hall–Kier alpha value is -4.01. The maximum absolute atomic E-state index is 13.5. The van der Waals surface area contributed by atoms with Crippen LogP contribution in [-0.2, 0) is 4.79 Å². The van der Waals surface area contributed by atoms with Crippen LogP contribution in [0.5, 0.6) is 0 Å². The first-order valence-corrected chi connectivity index (χ1v) is 12.5. The minimum Gasteiger partial charge on any atom is -0.368 e. The van der Waals surface area contributed by atoms with Crippen LogP contribution in [0.4, 0.5) is 5.82 Å². The zero-order chi connectivity index (χ0) is 25.8. The lowest BCUT2D eigenvalue weighted by molar-refractivity contribution is -0.118. The van der Waals surface area contributed by atoms with E-state index in [2.05, 4.69) is 27.0 Å². The van der Waals surface area contributed by atoms with Gasteiger partial charge in [0.2, 0.25) is 5.91 Å². The number of hydrogen-bond acceptors (Lipinski definition) is 6. The van der Waals surface area contributed by atoms with E-state index in [1.54, 1.807) is 6.07 Å². The number of fused-ring (bicyclic) bond motifs is 1. The number of nitrogens with zero attached hydrogens (tertiary/aromatic N) is 2. The summed E-state index contributed by atoms with van der Waals surface area (Å²) in [6, 6.07) is 18.8. The molecular weight excluding hydrogens is 488 g/mol. The molecule has 188 valence electrons. The Kier molecular flexibility index (Phi) is 7.30. The van der Waals surface area contributed by atoms with Gasteiger partial charge < -0.3 is 20.9 Å². The number of Topliss-reactive ketones (excluding diaryl/α,β-unsaturated/α-hetero) is 1. The largest absolute Gasteiger partial charge is 0.368 e. The third-order valence-corrected chi connectivity index (χ3v) is 6.50. The summed E-state index contributed by atoms with van der Waals surface area (Å²) in [5.41, 5.74) is 4.07. The van der Waals surface area contributed by atoms with Crippen LogP contribution in [0.1, 0.15) is 29.4 Å². The molecule has 4 aromatic rings. The number of rotatable bonds is 8. The molecule has 4 N–H and O–H groups in total. The summed E-state index contributed by atoms with van der Waals surface area (Å²) >= 11 is 6.04. The van der Waals surface area contributed by atoms with E-state index >= 15 is 0 Å². The highest BCUT2D eigenvalue weighted by Crippen LogP contribution is 2.28. The minimum absolute atomic E-state index is 0.0389. The molecule has 1 aliphatic rings. The van der Waals surface area contributed by atoms with E-state index in [1.165, 1.54) is 6.92 Å². The Morgan fingerprint density at radius 2 is 1.81 bits per heavy atom. The van der Waals surface area contributed by atoms with Gasteiger partial charge in [-0.1, -0.05) is 60.1 Å². The molecule has 1 atom stereocenters. The highest BCUT2D eigenvalue weighted by atomic mass is 35.5. The first-order valence-electron chi connectivity index (χ1n) is 12.1.